The topological polar surface area (TPSA) is 44.0 Å². The van der Waals surface area contributed by atoms with Gasteiger partial charge in [-0.15, -0.1) is 0 Å². The van der Waals surface area contributed by atoms with Gasteiger partial charge in [0.25, 0.3) is 0 Å². The summed E-state index contributed by atoms with van der Waals surface area (Å²) in [7, 11) is 0. The van der Waals surface area contributed by atoms with Crippen molar-refractivity contribution in [1.29, 1.82) is 0 Å². The van der Waals surface area contributed by atoms with Crippen LogP contribution in [-0.4, -0.2) is 7.19 Å². The van der Waals surface area contributed by atoms with Crippen LogP contribution in [0.25, 0.3) is 11.0 Å². The first kappa shape index (κ1) is 9.67. The van der Waals surface area contributed by atoms with Crippen molar-refractivity contribution < 1.29 is 0 Å². The Kier molecular flexibility index (Phi) is 2.32. The molecule has 0 fully saturated rings. The Morgan fingerprint density at radius 3 is 1.57 bits per heavy atom. The first-order valence-corrected chi connectivity index (χ1v) is 5.14. The number of halogens is 2. The Morgan fingerprint density at radius 2 is 1.21 bits per heavy atom. The predicted octanol–water partition coefficient (Wildman–Crippen LogP) is 1.48. The maximum Gasteiger partial charge on any atom is 0.327 e. The monoisotopic (exact) mass is 318 g/mol. The highest BCUT2D eigenvalue weighted by Gasteiger charge is 2.08. The summed E-state index contributed by atoms with van der Waals surface area (Å²) in [5.74, 6) is 0. The van der Waals surface area contributed by atoms with E-state index >= 15 is 0 Å². The van der Waals surface area contributed by atoms with E-state index in [4.69, 9.17) is 0 Å². The lowest BCUT2D eigenvalue weighted by Crippen LogP contribution is -2.35. The molecule has 0 atom stereocenters. The third kappa shape index (κ3) is 1.26. The second kappa shape index (κ2) is 3.36. The maximum atomic E-state index is 11.4. The Hall–Kier alpha value is -0.880. The second-order valence-corrected chi connectivity index (χ2v) is 4.08. The van der Waals surface area contributed by atoms with Crippen LogP contribution in [0.3, 0.4) is 0 Å². The lowest BCUT2D eigenvalue weighted by atomic mass is 10.3. The summed E-state index contributed by atoms with van der Waals surface area (Å²) in [5, 5.41) is 0. The van der Waals surface area contributed by atoms with Gasteiger partial charge in [0, 0.05) is 0 Å². The number of nitrogens with zero attached hydrogens (tertiary/aromatic N) is 2. The number of hydrogen-bond acceptors (Lipinski definition) is 2. The van der Waals surface area contributed by atoms with E-state index in [1.165, 1.54) is 0 Å². The minimum Gasteiger partial charge on any atom is -0.262 e. The molecule has 1 aromatic heterocycles. The smallest absolute Gasteiger partial charge is 0.262 e. The maximum absolute atomic E-state index is 11.4. The summed E-state index contributed by atoms with van der Waals surface area (Å²) in [4.78, 5) is 22.7. The Balaban J connectivity index is 3.19. The van der Waals surface area contributed by atoms with Gasteiger partial charge >= 0.3 is 11.1 Å². The highest BCUT2D eigenvalue weighted by atomic mass is 79.9. The van der Waals surface area contributed by atoms with Crippen molar-refractivity contribution >= 4 is 43.3 Å². The lowest BCUT2D eigenvalue weighted by Gasteiger charge is -2.04. The van der Waals surface area contributed by atoms with Crippen molar-refractivity contribution in [2.24, 2.45) is 0 Å². The van der Waals surface area contributed by atoms with Crippen LogP contribution in [0.5, 0.6) is 0 Å². The number of rotatable bonds is 0. The average Bonchev–Trinajstić information content (AvgIpc) is 2.23. The van der Waals surface area contributed by atoms with Crippen LogP contribution in [0.1, 0.15) is 0 Å². The molecule has 0 spiro atoms. The fraction of sp³-hybridized carbons (Fsp3) is 0. The first-order chi connectivity index (χ1) is 6.63. The average molecular weight is 320 g/mol. The summed E-state index contributed by atoms with van der Waals surface area (Å²) in [5.41, 5.74) is 0.0177. The van der Waals surface area contributed by atoms with E-state index < -0.39 is 11.1 Å². The molecule has 0 unspecified atom stereocenters. The molecule has 0 aliphatic rings. The summed E-state index contributed by atoms with van der Waals surface area (Å²) in [6, 6.07) is 7.05. The molecule has 72 valence electrons. The normalized spacial score (nSPS) is 10.7. The summed E-state index contributed by atoms with van der Waals surface area (Å²) >= 11 is 6.07. The quantitative estimate of drug-likeness (QED) is 0.690. The molecule has 4 nitrogen and oxygen atoms in total. The molecule has 0 aliphatic heterocycles. The minimum atomic E-state index is -0.624. The van der Waals surface area contributed by atoms with Gasteiger partial charge in [0.15, 0.2) is 0 Å². The van der Waals surface area contributed by atoms with Gasteiger partial charge in [-0.3, -0.25) is 9.59 Å². The second-order valence-electron chi connectivity index (χ2n) is 2.66. The van der Waals surface area contributed by atoms with Gasteiger partial charge in [0.1, 0.15) is 0 Å². The van der Waals surface area contributed by atoms with Crippen LogP contribution in [-0.2, 0) is 0 Å². The molecule has 0 aliphatic carbocycles. The predicted molar refractivity (Wildman–Crippen MR) is 61.1 cm³/mol. The largest absolute Gasteiger partial charge is 0.327 e. The molecule has 6 heteroatoms. The number of benzene rings is 1. The third-order valence-electron chi connectivity index (χ3n) is 1.84. The Labute approximate surface area is 95.5 Å². The molecule has 1 aromatic carbocycles. The highest BCUT2D eigenvalue weighted by molar-refractivity contribution is 9.08. The molecule has 2 aromatic rings. The molecule has 0 saturated carbocycles. The fourth-order valence-electron chi connectivity index (χ4n) is 1.18. The first-order valence-electron chi connectivity index (χ1n) is 3.72. The fourth-order valence-corrected chi connectivity index (χ4v) is 2.09. The van der Waals surface area contributed by atoms with E-state index in [0.717, 1.165) is 7.19 Å². The number of aromatic nitrogens is 2. The summed E-state index contributed by atoms with van der Waals surface area (Å²) in [6.07, 6.45) is 0. The molecule has 14 heavy (non-hydrogen) atoms. The minimum absolute atomic E-state index is 0.624. The zero-order valence-corrected chi connectivity index (χ0v) is 9.95. The van der Waals surface area contributed by atoms with Crippen LogP contribution in [0.4, 0.5) is 0 Å². The van der Waals surface area contributed by atoms with E-state index in [2.05, 4.69) is 32.3 Å². The van der Waals surface area contributed by atoms with Crippen LogP contribution >= 0.6 is 32.3 Å². The third-order valence-corrected chi connectivity index (χ3v) is 3.25. The van der Waals surface area contributed by atoms with Crippen LogP contribution in [0.15, 0.2) is 33.9 Å². The van der Waals surface area contributed by atoms with Crippen LogP contribution < -0.4 is 11.1 Å². The van der Waals surface area contributed by atoms with Crippen molar-refractivity contribution in [2.75, 3.05) is 0 Å². The number of hydrogen-bond donors (Lipinski definition) is 0. The SMILES string of the molecule is O=c1c(=O)n(Br)c2ccccc2n1Br. The van der Waals surface area contributed by atoms with E-state index in [9.17, 15) is 9.59 Å². The standard InChI is InChI=1S/C8H4Br2N2O2/c9-11-5-3-1-2-4-6(5)12(10)8(14)7(11)13/h1-4H. The van der Waals surface area contributed by atoms with E-state index in [1.807, 2.05) is 0 Å². The van der Waals surface area contributed by atoms with Gasteiger partial charge in [-0.1, -0.05) is 12.1 Å². The van der Waals surface area contributed by atoms with Crippen LogP contribution in [0, 0.1) is 0 Å². The molecular weight excluding hydrogens is 316 g/mol. The van der Waals surface area contributed by atoms with Crippen molar-refractivity contribution in [3.63, 3.8) is 0 Å². The van der Waals surface area contributed by atoms with Gasteiger partial charge < -0.3 is 0 Å². The number of fused-ring (bicyclic) bond motifs is 1. The molecular formula is C8H4Br2N2O2. The molecule has 0 amide bonds. The van der Waals surface area contributed by atoms with Gasteiger partial charge in [0.2, 0.25) is 0 Å². The van der Waals surface area contributed by atoms with Gasteiger partial charge in [-0.05, 0) is 12.1 Å². The van der Waals surface area contributed by atoms with Crippen molar-refractivity contribution in [3.05, 3.63) is 45.0 Å². The zero-order valence-electron chi connectivity index (χ0n) is 6.78. The molecule has 2 rings (SSSR count). The van der Waals surface area contributed by atoms with Gasteiger partial charge in [-0.2, -0.15) is 0 Å². The molecule has 0 radical (unpaired) electrons. The van der Waals surface area contributed by atoms with Gasteiger partial charge in [0.05, 0.1) is 43.3 Å². The van der Waals surface area contributed by atoms with Crippen LogP contribution in [0.2, 0.25) is 0 Å². The Morgan fingerprint density at radius 1 is 0.857 bits per heavy atom. The number of para-hydroxylation sites is 2. The molecule has 1 heterocycles. The zero-order chi connectivity index (χ0) is 10.3. The highest BCUT2D eigenvalue weighted by Crippen LogP contribution is 2.12. The van der Waals surface area contributed by atoms with Gasteiger partial charge in [-0.25, -0.2) is 7.19 Å². The van der Waals surface area contributed by atoms with Crippen molar-refractivity contribution in [2.45, 2.75) is 0 Å². The lowest BCUT2D eigenvalue weighted by molar-refractivity contribution is 1.08. The van der Waals surface area contributed by atoms with E-state index in [1.54, 1.807) is 24.3 Å². The Bertz CT molecular complexity index is 560. The summed E-state index contributed by atoms with van der Waals surface area (Å²) < 4.78 is 2.31. The molecule has 0 bridgehead atoms. The summed E-state index contributed by atoms with van der Waals surface area (Å²) in [6.45, 7) is 0. The van der Waals surface area contributed by atoms with Crippen molar-refractivity contribution in [1.82, 2.24) is 7.19 Å². The van der Waals surface area contributed by atoms with E-state index in [0.29, 0.717) is 11.0 Å². The van der Waals surface area contributed by atoms with Crippen molar-refractivity contribution in [3.8, 4) is 0 Å². The molecule has 0 saturated heterocycles. The molecule has 0 N–H and O–H groups in total. The van der Waals surface area contributed by atoms with E-state index in [-0.39, 0.29) is 0 Å².